The summed E-state index contributed by atoms with van der Waals surface area (Å²) >= 11 is 0. The Hall–Kier alpha value is -1.39. The van der Waals surface area contributed by atoms with Gasteiger partial charge in [0.2, 0.25) is 0 Å². The highest BCUT2D eigenvalue weighted by atomic mass is 16.5. The number of hydrogen-bond acceptors (Lipinski definition) is 3. The van der Waals surface area contributed by atoms with E-state index in [-0.39, 0.29) is 0 Å². The number of carbonyl (C=O) groups is 1. The molecule has 0 aliphatic heterocycles. The van der Waals surface area contributed by atoms with E-state index in [4.69, 9.17) is 4.74 Å². The second kappa shape index (κ2) is 6.68. The van der Waals surface area contributed by atoms with Gasteiger partial charge in [0.25, 0.3) is 0 Å². The first kappa shape index (κ1) is 14.0. The third-order valence-electron chi connectivity index (χ3n) is 3.83. The number of rotatable bonds is 6. The quantitative estimate of drug-likeness (QED) is 0.824. The topological polar surface area (TPSA) is 58.6 Å². The number of hydrogen-bond donors (Lipinski definition) is 2. The Labute approximate surface area is 113 Å². The van der Waals surface area contributed by atoms with Crippen LogP contribution >= 0.6 is 0 Å². The zero-order valence-electron chi connectivity index (χ0n) is 11.2. The van der Waals surface area contributed by atoms with Crippen LogP contribution in [0.15, 0.2) is 30.3 Å². The van der Waals surface area contributed by atoms with Gasteiger partial charge < -0.3 is 15.2 Å². The van der Waals surface area contributed by atoms with Crippen LogP contribution < -0.4 is 5.32 Å². The molecule has 2 N–H and O–H groups in total. The van der Waals surface area contributed by atoms with Gasteiger partial charge in [-0.05, 0) is 24.8 Å². The van der Waals surface area contributed by atoms with Crippen LogP contribution in [-0.2, 0) is 9.53 Å². The monoisotopic (exact) mass is 263 g/mol. The van der Waals surface area contributed by atoms with E-state index in [1.54, 1.807) is 7.11 Å². The molecular formula is C15H21NO3. The van der Waals surface area contributed by atoms with E-state index in [1.807, 2.05) is 30.3 Å². The number of nitrogens with one attached hydrogen (secondary N) is 1. The summed E-state index contributed by atoms with van der Waals surface area (Å²) in [6.07, 6.45) is 3.40. The number of ether oxygens (including phenoxy) is 1. The average Bonchev–Trinajstić information content (AvgIpc) is 2.88. The largest absolute Gasteiger partial charge is 0.481 e. The van der Waals surface area contributed by atoms with Crippen LogP contribution in [0.1, 0.15) is 30.7 Å². The van der Waals surface area contributed by atoms with Crippen LogP contribution in [0.25, 0.3) is 0 Å². The highest BCUT2D eigenvalue weighted by molar-refractivity contribution is 5.76. The standard InChI is InChI=1S/C15H21NO3/c1-19-13-8-7-12(9-13)16-10-14(15(17)18)11-5-3-2-4-6-11/h2-6,12-14,16H,7-10H2,1H3,(H,17,18). The van der Waals surface area contributed by atoms with Crippen molar-refractivity contribution in [1.29, 1.82) is 0 Å². The van der Waals surface area contributed by atoms with Crippen LogP contribution in [0, 0.1) is 0 Å². The zero-order chi connectivity index (χ0) is 13.7. The summed E-state index contributed by atoms with van der Waals surface area (Å²) in [6, 6.07) is 9.76. The third-order valence-corrected chi connectivity index (χ3v) is 3.83. The lowest BCUT2D eigenvalue weighted by atomic mass is 9.99. The Bertz CT molecular complexity index is 407. The van der Waals surface area contributed by atoms with Crippen molar-refractivity contribution in [3.05, 3.63) is 35.9 Å². The minimum absolute atomic E-state index is 0.317. The van der Waals surface area contributed by atoms with Gasteiger partial charge >= 0.3 is 5.97 Å². The smallest absolute Gasteiger partial charge is 0.312 e. The first-order chi connectivity index (χ1) is 9.20. The van der Waals surface area contributed by atoms with E-state index in [1.165, 1.54) is 0 Å². The molecule has 0 amide bonds. The lowest BCUT2D eigenvalue weighted by molar-refractivity contribution is -0.138. The van der Waals surface area contributed by atoms with E-state index in [0.717, 1.165) is 24.8 Å². The van der Waals surface area contributed by atoms with E-state index in [9.17, 15) is 9.90 Å². The predicted molar refractivity (Wildman–Crippen MR) is 73.3 cm³/mol. The number of aliphatic carboxylic acids is 1. The molecule has 0 aromatic heterocycles. The Morgan fingerprint density at radius 3 is 2.74 bits per heavy atom. The van der Waals surface area contributed by atoms with Crippen LogP contribution in [0.2, 0.25) is 0 Å². The molecule has 4 heteroatoms. The predicted octanol–water partition coefficient (Wildman–Crippen LogP) is 2.01. The Morgan fingerprint density at radius 1 is 1.42 bits per heavy atom. The first-order valence-corrected chi connectivity index (χ1v) is 6.74. The molecule has 104 valence electrons. The second-order valence-corrected chi connectivity index (χ2v) is 5.08. The maximum atomic E-state index is 11.4. The summed E-state index contributed by atoms with van der Waals surface area (Å²) < 4.78 is 5.32. The molecule has 1 aliphatic rings. The molecule has 0 bridgehead atoms. The van der Waals surface area contributed by atoms with Crippen LogP contribution in [0.4, 0.5) is 0 Å². The van der Waals surface area contributed by atoms with E-state index >= 15 is 0 Å². The first-order valence-electron chi connectivity index (χ1n) is 6.74. The molecule has 0 spiro atoms. The van der Waals surface area contributed by atoms with Crippen molar-refractivity contribution < 1.29 is 14.6 Å². The lowest BCUT2D eigenvalue weighted by Gasteiger charge is -2.18. The maximum absolute atomic E-state index is 11.4. The molecule has 0 heterocycles. The van der Waals surface area contributed by atoms with E-state index in [2.05, 4.69) is 5.32 Å². The van der Waals surface area contributed by atoms with Crippen molar-refractivity contribution in [2.75, 3.05) is 13.7 Å². The number of carboxylic acids is 1. The SMILES string of the molecule is COC1CCC(NCC(C(=O)O)c2ccccc2)C1. The summed E-state index contributed by atoms with van der Waals surface area (Å²) in [6.45, 7) is 0.473. The molecule has 3 unspecified atom stereocenters. The molecule has 3 atom stereocenters. The third kappa shape index (κ3) is 3.78. The van der Waals surface area contributed by atoms with Crippen LogP contribution in [0.3, 0.4) is 0 Å². The van der Waals surface area contributed by atoms with Gasteiger partial charge in [-0.3, -0.25) is 4.79 Å². The minimum Gasteiger partial charge on any atom is -0.481 e. The molecule has 2 rings (SSSR count). The fourth-order valence-electron chi connectivity index (χ4n) is 2.66. The molecule has 1 fully saturated rings. The van der Waals surface area contributed by atoms with Crippen molar-refractivity contribution >= 4 is 5.97 Å². The van der Waals surface area contributed by atoms with Crippen LogP contribution in [0.5, 0.6) is 0 Å². The summed E-state index contributed by atoms with van der Waals surface area (Å²) in [4.78, 5) is 11.4. The molecule has 1 aliphatic carbocycles. The molecule has 19 heavy (non-hydrogen) atoms. The van der Waals surface area contributed by atoms with Gasteiger partial charge in [0.15, 0.2) is 0 Å². The fraction of sp³-hybridized carbons (Fsp3) is 0.533. The molecule has 4 nitrogen and oxygen atoms in total. The molecule has 0 saturated heterocycles. The summed E-state index contributed by atoms with van der Waals surface area (Å²) in [7, 11) is 1.73. The van der Waals surface area contributed by atoms with Gasteiger partial charge in [-0.25, -0.2) is 0 Å². The Balaban J connectivity index is 1.90. The van der Waals surface area contributed by atoms with Crippen LogP contribution in [-0.4, -0.2) is 36.9 Å². The van der Waals surface area contributed by atoms with Crippen molar-refractivity contribution in [3.8, 4) is 0 Å². The van der Waals surface area contributed by atoms with Crippen molar-refractivity contribution in [1.82, 2.24) is 5.32 Å². The zero-order valence-corrected chi connectivity index (χ0v) is 11.2. The number of benzene rings is 1. The fourth-order valence-corrected chi connectivity index (χ4v) is 2.66. The van der Waals surface area contributed by atoms with Gasteiger partial charge in [0.1, 0.15) is 0 Å². The van der Waals surface area contributed by atoms with Crippen molar-refractivity contribution in [2.24, 2.45) is 0 Å². The molecule has 1 saturated carbocycles. The molecule has 1 aromatic rings. The minimum atomic E-state index is -0.778. The number of carboxylic acid groups (broad SMARTS) is 1. The Morgan fingerprint density at radius 2 is 2.16 bits per heavy atom. The average molecular weight is 263 g/mol. The highest BCUT2D eigenvalue weighted by Crippen LogP contribution is 2.22. The van der Waals surface area contributed by atoms with Gasteiger partial charge in [0, 0.05) is 19.7 Å². The van der Waals surface area contributed by atoms with Gasteiger partial charge in [-0.15, -0.1) is 0 Å². The van der Waals surface area contributed by atoms with E-state index in [0.29, 0.717) is 18.7 Å². The summed E-state index contributed by atoms with van der Waals surface area (Å²) in [5.41, 5.74) is 0.851. The van der Waals surface area contributed by atoms with Crippen molar-refractivity contribution in [3.63, 3.8) is 0 Å². The summed E-state index contributed by atoms with van der Waals surface area (Å²) in [5, 5.41) is 12.7. The second-order valence-electron chi connectivity index (χ2n) is 5.08. The lowest BCUT2D eigenvalue weighted by Crippen LogP contribution is -2.34. The van der Waals surface area contributed by atoms with Gasteiger partial charge in [-0.1, -0.05) is 30.3 Å². The Kier molecular flexibility index (Phi) is 4.93. The van der Waals surface area contributed by atoms with E-state index < -0.39 is 11.9 Å². The highest BCUT2D eigenvalue weighted by Gasteiger charge is 2.26. The molecule has 0 radical (unpaired) electrons. The number of methoxy groups -OCH3 is 1. The molecule has 1 aromatic carbocycles. The van der Waals surface area contributed by atoms with Gasteiger partial charge in [0.05, 0.1) is 12.0 Å². The summed E-state index contributed by atoms with van der Waals surface area (Å²) in [5.74, 6) is -1.26. The molecular weight excluding hydrogens is 242 g/mol. The normalized spacial score (nSPS) is 24.3. The van der Waals surface area contributed by atoms with Gasteiger partial charge in [-0.2, -0.15) is 0 Å². The van der Waals surface area contributed by atoms with Crippen molar-refractivity contribution in [2.45, 2.75) is 37.3 Å². The maximum Gasteiger partial charge on any atom is 0.312 e.